The third kappa shape index (κ3) is 6.86. The van der Waals surface area contributed by atoms with Crippen LogP contribution in [0.3, 0.4) is 0 Å². The van der Waals surface area contributed by atoms with Crippen LogP contribution in [-0.2, 0) is 25.1 Å². The molecule has 4 atom stereocenters. The molecule has 4 N–H and O–H groups in total. The third-order valence-electron chi connectivity index (χ3n) is 5.16. The largest absolute Gasteiger partial charge is 0.382 e. The van der Waals surface area contributed by atoms with Crippen LogP contribution in [0.2, 0.25) is 0 Å². The number of ether oxygens (including phenoxy) is 2. The maximum absolute atomic E-state index is 13.2. The maximum Gasteiger partial charge on any atom is 0.295 e. The summed E-state index contributed by atoms with van der Waals surface area (Å²) in [6.45, 7) is 3.12. The topological polar surface area (TPSA) is 147 Å². The molecule has 0 spiro atoms. The van der Waals surface area contributed by atoms with E-state index in [1.807, 2.05) is 6.26 Å². The van der Waals surface area contributed by atoms with Gasteiger partial charge in [-0.2, -0.15) is 11.8 Å². The molecule has 11 nitrogen and oxygen atoms in total. The van der Waals surface area contributed by atoms with E-state index in [4.69, 9.17) is 19.7 Å². The van der Waals surface area contributed by atoms with E-state index in [-0.39, 0.29) is 19.1 Å². The number of fused-ring (bicyclic) bond motifs is 1. The standard InChI is InChI=1S/C19H33N6O5PS/c1-3-4-5-7-28-19(26)15(6-8-32-2)24-31(27)13-29-14(10-30-31)9-25-12-23-16-17(20)21-11-22-18(16)25/h11-12,14-15,19,26H,3-10,13H2,1-2H3,(H,24,27)(H2,20,21,22)/t14-,15-,19?,31?/m0/s1. The van der Waals surface area contributed by atoms with Gasteiger partial charge in [-0.3, -0.25) is 4.57 Å². The molecule has 2 aromatic rings. The fourth-order valence-corrected chi connectivity index (χ4v) is 5.65. The van der Waals surface area contributed by atoms with Gasteiger partial charge in [0.1, 0.15) is 24.3 Å². The van der Waals surface area contributed by atoms with Crippen molar-refractivity contribution in [3.63, 3.8) is 0 Å². The molecule has 32 heavy (non-hydrogen) atoms. The Morgan fingerprint density at radius 3 is 3.00 bits per heavy atom. The van der Waals surface area contributed by atoms with Crippen LogP contribution in [0.5, 0.6) is 0 Å². The Balaban J connectivity index is 1.54. The lowest BCUT2D eigenvalue weighted by atomic mass is 10.2. The van der Waals surface area contributed by atoms with Gasteiger partial charge in [0.2, 0.25) is 0 Å². The number of aliphatic hydroxyl groups excluding tert-OH is 1. The molecule has 13 heteroatoms. The lowest BCUT2D eigenvalue weighted by molar-refractivity contribution is -0.118. The van der Waals surface area contributed by atoms with Gasteiger partial charge in [-0.25, -0.2) is 20.0 Å². The van der Waals surface area contributed by atoms with Gasteiger partial charge in [0.15, 0.2) is 17.8 Å². The van der Waals surface area contributed by atoms with Crippen molar-refractivity contribution in [2.75, 3.05) is 37.3 Å². The first kappa shape index (κ1) is 25.4. The molecule has 0 aromatic carbocycles. The molecule has 0 radical (unpaired) electrons. The smallest absolute Gasteiger partial charge is 0.295 e. The quantitative estimate of drug-likeness (QED) is 0.217. The van der Waals surface area contributed by atoms with Crippen molar-refractivity contribution in [1.29, 1.82) is 0 Å². The number of thioether (sulfide) groups is 1. The van der Waals surface area contributed by atoms with E-state index in [1.54, 1.807) is 22.7 Å². The molecule has 0 bridgehead atoms. The minimum absolute atomic E-state index is 0.0975. The highest BCUT2D eigenvalue weighted by atomic mass is 32.2. The summed E-state index contributed by atoms with van der Waals surface area (Å²) >= 11 is 1.65. The van der Waals surface area contributed by atoms with Gasteiger partial charge in [-0.1, -0.05) is 19.8 Å². The summed E-state index contributed by atoms with van der Waals surface area (Å²) in [5.74, 6) is 1.10. The number of anilines is 1. The van der Waals surface area contributed by atoms with E-state index in [9.17, 15) is 9.67 Å². The Bertz CT molecular complexity index is 890. The van der Waals surface area contributed by atoms with E-state index < -0.39 is 19.9 Å². The van der Waals surface area contributed by atoms with Crippen molar-refractivity contribution >= 4 is 36.3 Å². The summed E-state index contributed by atoms with van der Waals surface area (Å²) in [4.78, 5) is 12.4. The first-order valence-corrected chi connectivity index (χ1v) is 14.0. The zero-order valence-electron chi connectivity index (χ0n) is 18.6. The number of rotatable bonds is 13. The number of nitrogens with one attached hydrogen (secondary N) is 1. The maximum atomic E-state index is 13.2. The number of hydrogen-bond donors (Lipinski definition) is 3. The Hall–Kier alpha value is -1.27. The normalized spacial score (nSPS) is 23.4. The number of hydrogen-bond acceptors (Lipinski definition) is 10. The van der Waals surface area contributed by atoms with Crippen molar-refractivity contribution in [3.8, 4) is 0 Å². The molecule has 1 aliphatic heterocycles. The summed E-state index contributed by atoms with van der Waals surface area (Å²) in [5.41, 5.74) is 6.96. The van der Waals surface area contributed by atoms with Crippen LogP contribution >= 0.6 is 19.3 Å². The van der Waals surface area contributed by atoms with Crippen molar-refractivity contribution in [2.24, 2.45) is 0 Å². The van der Waals surface area contributed by atoms with Gasteiger partial charge in [-0.05, 0) is 24.9 Å². The second-order valence-electron chi connectivity index (χ2n) is 7.70. The molecule has 2 aromatic heterocycles. The fourth-order valence-electron chi connectivity index (χ4n) is 3.36. The van der Waals surface area contributed by atoms with Gasteiger partial charge in [0.05, 0.1) is 25.5 Å². The van der Waals surface area contributed by atoms with Gasteiger partial charge in [0.25, 0.3) is 7.52 Å². The van der Waals surface area contributed by atoms with Crippen molar-refractivity contribution in [3.05, 3.63) is 12.7 Å². The van der Waals surface area contributed by atoms with Crippen molar-refractivity contribution in [1.82, 2.24) is 24.6 Å². The highest BCUT2D eigenvalue weighted by Gasteiger charge is 2.36. The molecule has 3 heterocycles. The first-order chi connectivity index (χ1) is 15.5. The lowest BCUT2D eigenvalue weighted by Gasteiger charge is -2.33. The summed E-state index contributed by atoms with van der Waals surface area (Å²) < 4.78 is 32.1. The number of nitrogen functional groups attached to an aromatic ring is 1. The molecule has 0 amide bonds. The molecule has 0 saturated carbocycles. The average molecular weight is 489 g/mol. The minimum Gasteiger partial charge on any atom is -0.382 e. The predicted octanol–water partition coefficient (Wildman–Crippen LogP) is 2.21. The predicted molar refractivity (Wildman–Crippen MR) is 124 cm³/mol. The summed E-state index contributed by atoms with van der Waals surface area (Å²) in [7, 11) is -3.28. The summed E-state index contributed by atoms with van der Waals surface area (Å²) in [6, 6.07) is -0.507. The van der Waals surface area contributed by atoms with Crippen LogP contribution in [0, 0.1) is 0 Å². The summed E-state index contributed by atoms with van der Waals surface area (Å²) in [5, 5.41) is 13.5. The zero-order chi connectivity index (χ0) is 23.0. The van der Waals surface area contributed by atoms with Crippen LogP contribution in [-0.4, -0.2) is 74.6 Å². The molecular formula is C19H33N6O5PS. The van der Waals surface area contributed by atoms with Crippen LogP contribution < -0.4 is 10.8 Å². The van der Waals surface area contributed by atoms with Crippen LogP contribution in [0.15, 0.2) is 12.7 Å². The Morgan fingerprint density at radius 1 is 1.44 bits per heavy atom. The van der Waals surface area contributed by atoms with E-state index in [2.05, 4.69) is 27.0 Å². The lowest BCUT2D eigenvalue weighted by Crippen LogP contribution is -2.43. The number of unbranched alkanes of at least 4 members (excludes halogenated alkanes) is 2. The Kier molecular flexibility index (Phi) is 9.72. The molecule has 1 fully saturated rings. The van der Waals surface area contributed by atoms with Crippen LogP contribution in [0.4, 0.5) is 5.82 Å². The monoisotopic (exact) mass is 488 g/mol. The summed E-state index contributed by atoms with van der Waals surface area (Å²) in [6.07, 6.45) is 7.09. The Labute approximate surface area is 192 Å². The van der Waals surface area contributed by atoms with Crippen molar-refractivity contribution < 1.29 is 23.7 Å². The minimum atomic E-state index is -3.28. The molecule has 1 aliphatic rings. The van der Waals surface area contributed by atoms with E-state index in [1.165, 1.54) is 6.33 Å². The fraction of sp³-hybridized carbons (Fsp3) is 0.737. The third-order valence-corrected chi connectivity index (χ3v) is 7.58. The van der Waals surface area contributed by atoms with Crippen molar-refractivity contribution in [2.45, 2.75) is 57.6 Å². The molecule has 180 valence electrons. The number of aromatic nitrogens is 4. The van der Waals surface area contributed by atoms with E-state index in [0.29, 0.717) is 36.6 Å². The number of aliphatic hydroxyl groups is 1. The highest BCUT2D eigenvalue weighted by molar-refractivity contribution is 7.98. The van der Waals surface area contributed by atoms with Gasteiger partial charge < -0.3 is 29.4 Å². The van der Waals surface area contributed by atoms with Gasteiger partial charge >= 0.3 is 0 Å². The Morgan fingerprint density at radius 2 is 2.28 bits per heavy atom. The van der Waals surface area contributed by atoms with Crippen LogP contribution in [0.1, 0.15) is 32.6 Å². The molecular weight excluding hydrogens is 455 g/mol. The average Bonchev–Trinajstić information content (AvgIpc) is 3.20. The highest BCUT2D eigenvalue weighted by Crippen LogP contribution is 2.46. The van der Waals surface area contributed by atoms with E-state index in [0.717, 1.165) is 25.0 Å². The van der Waals surface area contributed by atoms with Gasteiger partial charge in [0, 0.05) is 6.61 Å². The molecule has 3 rings (SSSR count). The number of nitrogens with two attached hydrogens (primary N) is 1. The van der Waals surface area contributed by atoms with E-state index >= 15 is 0 Å². The SMILES string of the molecule is CCCCCOC(O)[C@H](CCSC)NP1(=O)CO[C@@H](Cn2cnc3c(N)ncnc32)CO1. The van der Waals surface area contributed by atoms with Crippen LogP contribution in [0.25, 0.3) is 11.2 Å². The van der Waals surface area contributed by atoms with Gasteiger partial charge in [-0.15, -0.1) is 0 Å². The second kappa shape index (κ2) is 12.3. The second-order valence-corrected chi connectivity index (χ2v) is 10.8. The molecule has 0 aliphatic carbocycles. The molecule has 1 saturated heterocycles. The zero-order valence-corrected chi connectivity index (χ0v) is 20.3. The number of imidazole rings is 1. The number of nitrogens with zero attached hydrogens (tertiary/aromatic N) is 4. The first-order valence-electron chi connectivity index (χ1n) is 10.8. The molecule has 2 unspecified atom stereocenters.